The van der Waals surface area contributed by atoms with Gasteiger partial charge in [0, 0.05) is 6.07 Å². The van der Waals surface area contributed by atoms with Crippen LogP contribution in [0.3, 0.4) is 0 Å². The summed E-state index contributed by atoms with van der Waals surface area (Å²) in [6, 6.07) is 3.95. The number of aliphatic hydroxyl groups excluding tert-OH is 1. The third kappa shape index (κ3) is 2.79. The molecule has 1 aromatic rings. The first kappa shape index (κ1) is 12.6. The number of hydrogen-bond acceptors (Lipinski definition) is 3. The lowest BCUT2D eigenvalue weighted by molar-refractivity contribution is 0.0725. The summed E-state index contributed by atoms with van der Waals surface area (Å²) in [5, 5.41) is 9.47. The molecular weight excluding hydrogens is 211 g/mol. The predicted molar refractivity (Wildman–Crippen MR) is 58.2 cm³/mol. The van der Waals surface area contributed by atoms with Crippen LogP contribution in [-0.4, -0.2) is 24.1 Å². The maximum absolute atomic E-state index is 13.5. The molecule has 0 saturated heterocycles. The van der Waals surface area contributed by atoms with Crippen molar-refractivity contribution in [2.24, 2.45) is 0 Å². The van der Waals surface area contributed by atoms with Crippen LogP contribution in [0.2, 0.25) is 0 Å². The van der Waals surface area contributed by atoms with E-state index >= 15 is 0 Å². The predicted octanol–water partition coefficient (Wildman–Crippen LogP) is 2.18. The number of ketones is 1. The smallest absolute Gasteiger partial charge is 0.194 e. The third-order valence-electron chi connectivity index (χ3n) is 2.31. The average molecular weight is 226 g/mol. The molecule has 0 aromatic heterocycles. The molecule has 0 aliphatic heterocycles. The van der Waals surface area contributed by atoms with Gasteiger partial charge in [0.25, 0.3) is 0 Å². The van der Waals surface area contributed by atoms with Gasteiger partial charge < -0.3 is 9.84 Å². The Morgan fingerprint density at radius 3 is 2.75 bits per heavy atom. The molecule has 0 fully saturated rings. The van der Waals surface area contributed by atoms with E-state index in [-0.39, 0.29) is 5.56 Å². The Morgan fingerprint density at radius 1 is 1.56 bits per heavy atom. The zero-order valence-corrected chi connectivity index (χ0v) is 9.37. The number of halogens is 1. The van der Waals surface area contributed by atoms with E-state index in [0.29, 0.717) is 18.6 Å². The van der Waals surface area contributed by atoms with Gasteiger partial charge in [0.15, 0.2) is 5.78 Å². The van der Waals surface area contributed by atoms with Crippen molar-refractivity contribution in [1.82, 2.24) is 0 Å². The minimum absolute atomic E-state index is 0.0956. The van der Waals surface area contributed by atoms with Gasteiger partial charge in [0.05, 0.1) is 12.7 Å². The van der Waals surface area contributed by atoms with Crippen molar-refractivity contribution in [1.29, 1.82) is 0 Å². The summed E-state index contributed by atoms with van der Waals surface area (Å²) < 4.78 is 18.3. The molecule has 0 saturated carbocycles. The second kappa shape index (κ2) is 5.61. The summed E-state index contributed by atoms with van der Waals surface area (Å²) >= 11 is 0. The van der Waals surface area contributed by atoms with E-state index in [2.05, 4.69) is 0 Å². The molecule has 1 rings (SSSR count). The van der Waals surface area contributed by atoms with Crippen molar-refractivity contribution in [2.45, 2.75) is 25.9 Å². The second-order valence-electron chi connectivity index (χ2n) is 3.51. The highest BCUT2D eigenvalue weighted by molar-refractivity contribution is 5.99. The van der Waals surface area contributed by atoms with Crippen molar-refractivity contribution in [3.63, 3.8) is 0 Å². The fourth-order valence-electron chi connectivity index (χ4n) is 1.41. The minimum Gasteiger partial charge on any atom is -0.497 e. The molecule has 4 heteroatoms. The SMILES string of the molecule is CCCC(O)C(=O)c1ccc(OC)cc1F. The minimum atomic E-state index is -1.13. The van der Waals surface area contributed by atoms with Gasteiger partial charge in [-0.2, -0.15) is 0 Å². The molecule has 1 unspecified atom stereocenters. The topological polar surface area (TPSA) is 46.5 Å². The largest absolute Gasteiger partial charge is 0.497 e. The Balaban J connectivity index is 2.91. The summed E-state index contributed by atoms with van der Waals surface area (Å²) in [5.41, 5.74) is -0.0956. The van der Waals surface area contributed by atoms with Gasteiger partial charge >= 0.3 is 0 Å². The molecule has 0 spiro atoms. The molecule has 1 aromatic carbocycles. The van der Waals surface area contributed by atoms with Crippen LogP contribution in [0.15, 0.2) is 18.2 Å². The Labute approximate surface area is 93.9 Å². The number of aliphatic hydroxyl groups is 1. The normalized spacial score (nSPS) is 12.2. The molecule has 0 amide bonds. The second-order valence-corrected chi connectivity index (χ2v) is 3.51. The highest BCUT2D eigenvalue weighted by atomic mass is 19.1. The van der Waals surface area contributed by atoms with Crippen LogP contribution in [0, 0.1) is 5.82 Å². The summed E-state index contributed by atoms with van der Waals surface area (Å²) in [6.45, 7) is 1.85. The maximum atomic E-state index is 13.5. The Morgan fingerprint density at radius 2 is 2.25 bits per heavy atom. The van der Waals surface area contributed by atoms with Gasteiger partial charge in [0.2, 0.25) is 0 Å². The first-order chi connectivity index (χ1) is 7.60. The fraction of sp³-hybridized carbons (Fsp3) is 0.417. The number of carbonyl (C=O) groups is 1. The standard InChI is InChI=1S/C12H15FO3/c1-3-4-11(14)12(15)9-6-5-8(16-2)7-10(9)13/h5-7,11,14H,3-4H2,1-2H3. The molecule has 88 valence electrons. The van der Waals surface area contributed by atoms with Crippen LogP contribution in [0.5, 0.6) is 5.75 Å². The van der Waals surface area contributed by atoms with Crippen molar-refractivity contribution >= 4 is 5.78 Å². The van der Waals surface area contributed by atoms with E-state index < -0.39 is 17.7 Å². The lowest BCUT2D eigenvalue weighted by atomic mass is 10.0. The fourth-order valence-corrected chi connectivity index (χ4v) is 1.41. The van der Waals surface area contributed by atoms with Crippen molar-refractivity contribution in [3.8, 4) is 5.75 Å². The molecule has 0 heterocycles. The van der Waals surface area contributed by atoms with Crippen molar-refractivity contribution in [3.05, 3.63) is 29.6 Å². The van der Waals surface area contributed by atoms with Gasteiger partial charge in [0.1, 0.15) is 17.7 Å². The highest BCUT2D eigenvalue weighted by Crippen LogP contribution is 2.18. The molecule has 0 aliphatic rings. The van der Waals surface area contributed by atoms with Crippen LogP contribution in [-0.2, 0) is 0 Å². The Bertz CT molecular complexity index is 377. The van der Waals surface area contributed by atoms with E-state index in [9.17, 15) is 14.3 Å². The zero-order chi connectivity index (χ0) is 12.1. The number of Topliss-reactive ketones (excluding diaryl/α,β-unsaturated/α-hetero) is 1. The van der Waals surface area contributed by atoms with E-state index in [0.717, 1.165) is 6.07 Å². The van der Waals surface area contributed by atoms with Gasteiger partial charge in [-0.3, -0.25) is 4.79 Å². The molecule has 1 N–H and O–H groups in total. The lowest BCUT2D eigenvalue weighted by Crippen LogP contribution is -2.21. The molecule has 16 heavy (non-hydrogen) atoms. The Kier molecular flexibility index (Phi) is 4.43. The zero-order valence-electron chi connectivity index (χ0n) is 9.37. The molecule has 3 nitrogen and oxygen atoms in total. The molecule has 0 radical (unpaired) electrons. The molecular formula is C12H15FO3. The monoisotopic (exact) mass is 226 g/mol. The van der Waals surface area contributed by atoms with Crippen molar-refractivity contribution in [2.75, 3.05) is 7.11 Å². The Hall–Kier alpha value is -1.42. The van der Waals surface area contributed by atoms with Crippen molar-refractivity contribution < 1.29 is 19.0 Å². The number of hydrogen-bond donors (Lipinski definition) is 1. The van der Waals surface area contributed by atoms with E-state index in [4.69, 9.17) is 4.74 Å². The number of benzene rings is 1. The van der Waals surface area contributed by atoms with E-state index in [1.54, 1.807) is 0 Å². The number of methoxy groups -OCH3 is 1. The van der Waals surface area contributed by atoms with E-state index in [1.165, 1.54) is 19.2 Å². The lowest BCUT2D eigenvalue weighted by Gasteiger charge is -2.09. The summed E-state index contributed by atoms with van der Waals surface area (Å²) in [7, 11) is 1.42. The van der Waals surface area contributed by atoms with Crippen LogP contribution in [0.1, 0.15) is 30.1 Å². The maximum Gasteiger partial charge on any atom is 0.194 e. The first-order valence-electron chi connectivity index (χ1n) is 5.16. The van der Waals surface area contributed by atoms with Gasteiger partial charge in [-0.25, -0.2) is 4.39 Å². The summed E-state index contributed by atoms with van der Waals surface area (Å²) in [4.78, 5) is 11.6. The van der Waals surface area contributed by atoms with Gasteiger partial charge in [-0.1, -0.05) is 13.3 Å². The third-order valence-corrected chi connectivity index (χ3v) is 2.31. The first-order valence-corrected chi connectivity index (χ1v) is 5.16. The number of ether oxygens (including phenoxy) is 1. The van der Waals surface area contributed by atoms with Crippen LogP contribution in [0.4, 0.5) is 4.39 Å². The summed E-state index contributed by atoms with van der Waals surface area (Å²) in [6.07, 6.45) is -0.123. The van der Waals surface area contributed by atoms with Crippen LogP contribution in [0.25, 0.3) is 0 Å². The average Bonchev–Trinajstić information content (AvgIpc) is 2.28. The van der Waals surface area contributed by atoms with Gasteiger partial charge in [-0.05, 0) is 18.6 Å². The summed E-state index contributed by atoms with van der Waals surface area (Å²) in [5.74, 6) is -0.902. The van der Waals surface area contributed by atoms with Gasteiger partial charge in [-0.15, -0.1) is 0 Å². The highest BCUT2D eigenvalue weighted by Gasteiger charge is 2.19. The molecule has 1 atom stereocenters. The molecule has 0 aliphatic carbocycles. The molecule has 0 bridgehead atoms. The number of carbonyl (C=O) groups excluding carboxylic acids is 1. The van der Waals surface area contributed by atoms with Crippen LogP contribution < -0.4 is 4.74 Å². The van der Waals surface area contributed by atoms with Crippen LogP contribution >= 0.6 is 0 Å². The van der Waals surface area contributed by atoms with E-state index in [1.807, 2.05) is 6.92 Å². The number of rotatable bonds is 5. The quantitative estimate of drug-likeness (QED) is 0.783.